The molecule has 2 aromatic rings. The van der Waals surface area contributed by atoms with E-state index in [2.05, 4.69) is 21.2 Å². The highest BCUT2D eigenvalue weighted by atomic mass is 79.9. The van der Waals surface area contributed by atoms with Gasteiger partial charge < -0.3 is 9.88 Å². The normalized spacial score (nSPS) is 10.4. The smallest absolute Gasteiger partial charge is 0.306 e. The molecule has 1 heterocycles. The fourth-order valence-corrected chi connectivity index (χ4v) is 2.32. The molecule has 0 aliphatic rings. The number of hydrogen-bond acceptors (Lipinski definition) is 3. The van der Waals surface area contributed by atoms with Gasteiger partial charge in [0.05, 0.1) is 4.92 Å². The highest BCUT2D eigenvalue weighted by molar-refractivity contribution is 9.10. The van der Waals surface area contributed by atoms with Crippen LogP contribution in [-0.4, -0.2) is 15.4 Å². The molecule has 21 heavy (non-hydrogen) atoms. The second-order valence-electron chi connectivity index (χ2n) is 4.21. The summed E-state index contributed by atoms with van der Waals surface area (Å²) in [6.45, 7) is 2.48. The zero-order chi connectivity index (χ0) is 15.6. The Bertz CT molecular complexity index is 715. The van der Waals surface area contributed by atoms with Crippen LogP contribution in [0.5, 0.6) is 0 Å². The van der Waals surface area contributed by atoms with Crippen molar-refractivity contribution in [3.8, 4) is 0 Å². The second-order valence-corrected chi connectivity index (χ2v) is 5.12. The molecule has 0 atom stereocenters. The number of carbonyl (C=O) groups excluding carboxylic acids is 1. The molecule has 0 spiro atoms. The van der Waals surface area contributed by atoms with E-state index in [4.69, 9.17) is 0 Å². The van der Waals surface area contributed by atoms with Gasteiger partial charge in [0.15, 0.2) is 0 Å². The number of halogens is 2. The third-order valence-corrected chi connectivity index (χ3v) is 3.27. The van der Waals surface area contributed by atoms with Crippen LogP contribution in [0.15, 0.2) is 34.9 Å². The van der Waals surface area contributed by atoms with Crippen LogP contribution in [0.4, 0.5) is 15.8 Å². The number of carbonyl (C=O) groups is 1. The molecule has 0 aliphatic heterocycles. The summed E-state index contributed by atoms with van der Waals surface area (Å²) in [5, 5.41) is 13.2. The Kier molecular flexibility index (Phi) is 4.37. The monoisotopic (exact) mass is 355 g/mol. The van der Waals surface area contributed by atoms with Crippen LogP contribution in [0.2, 0.25) is 0 Å². The molecule has 0 unspecified atom stereocenters. The number of nitro benzene ring substituents is 1. The Morgan fingerprint density at radius 1 is 1.48 bits per heavy atom. The summed E-state index contributed by atoms with van der Waals surface area (Å²) < 4.78 is 15.7. The van der Waals surface area contributed by atoms with Gasteiger partial charge in [-0.2, -0.15) is 4.39 Å². The Balaban J connectivity index is 2.27. The number of nitrogens with zero attached hydrogens (tertiary/aromatic N) is 2. The average Bonchev–Trinajstić information content (AvgIpc) is 2.82. The molecule has 0 radical (unpaired) electrons. The molecule has 1 N–H and O–H groups in total. The summed E-state index contributed by atoms with van der Waals surface area (Å²) in [6, 6.07) is 4.84. The van der Waals surface area contributed by atoms with Crippen LogP contribution >= 0.6 is 15.9 Å². The molecule has 110 valence electrons. The summed E-state index contributed by atoms with van der Waals surface area (Å²) in [7, 11) is 0. The van der Waals surface area contributed by atoms with Crippen molar-refractivity contribution in [3.63, 3.8) is 0 Å². The number of anilines is 1. The lowest BCUT2D eigenvalue weighted by molar-refractivity contribution is -0.387. The van der Waals surface area contributed by atoms with Crippen molar-refractivity contribution < 1.29 is 14.1 Å². The SMILES string of the molecule is CCn1cc(Br)cc1C(=O)Nc1ccc(F)c([N+](=O)[O-])c1. The van der Waals surface area contributed by atoms with Crippen molar-refractivity contribution >= 4 is 33.2 Å². The van der Waals surface area contributed by atoms with Crippen molar-refractivity contribution in [2.45, 2.75) is 13.5 Å². The maximum absolute atomic E-state index is 13.2. The standard InChI is InChI=1S/C13H11BrFN3O3/c1-2-17-7-8(14)5-12(17)13(19)16-9-3-4-10(15)11(6-9)18(20)21/h3-7H,2H2,1H3,(H,16,19). The Morgan fingerprint density at radius 2 is 2.19 bits per heavy atom. The van der Waals surface area contributed by atoms with Crippen LogP contribution in [-0.2, 0) is 6.54 Å². The molecule has 2 rings (SSSR count). The summed E-state index contributed by atoms with van der Waals surface area (Å²) >= 11 is 3.28. The molecule has 1 amide bonds. The molecular formula is C13H11BrFN3O3. The highest BCUT2D eigenvalue weighted by Gasteiger charge is 2.17. The lowest BCUT2D eigenvalue weighted by Crippen LogP contribution is -2.16. The van der Waals surface area contributed by atoms with Crippen LogP contribution < -0.4 is 5.32 Å². The lowest BCUT2D eigenvalue weighted by atomic mass is 10.2. The zero-order valence-corrected chi connectivity index (χ0v) is 12.6. The first-order valence-electron chi connectivity index (χ1n) is 6.03. The van der Waals surface area contributed by atoms with Gasteiger partial charge in [0.2, 0.25) is 5.82 Å². The molecule has 0 saturated carbocycles. The number of rotatable bonds is 4. The second kappa shape index (κ2) is 6.04. The first-order valence-corrected chi connectivity index (χ1v) is 6.82. The maximum atomic E-state index is 13.2. The van der Waals surface area contributed by atoms with Gasteiger partial charge in [-0.25, -0.2) is 0 Å². The number of nitrogens with one attached hydrogen (secondary N) is 1. The van der Waals surface area contributed by atoms with E-state index in [9.17, 15) is 19.3 Å². The summed E-state index contributed by atoms with van der Waals surface area (Å²) in [6.07, 6.45) is 1.75. The van der Waals surface area contributed by atoms with Gasteiger partial charge in [-0.05, 0) is 41.1 Å². The fraction of sp³-hybridized carbons (Fsp3) is 0.154. The number of benzene rings is 1. The number of amides is 1. The van der Waals surface area contributed by atoms with Gasteiger partial charge in [0.25, 0.3) is 5.91 Å². The maximum Gasteiger partial charge on any atom is 0.306 e. The molecule has 0 bridgehead atoms. The third-order valence-electron chi connectivity index (χ3n) is 2.84. The van der Waals surface area contributed by atoms with Gasteiger partial charge in [-0.3, -0.25) is 14.9 Å². The summed E-state index contributed by atoms with van der Waals surface area (Å²) in [5.41, 5.74) is -0.121. The van der Waals surface area contributed by atoms with Crippen molar-refractivity contribution in [2.24, 2.45) is 0 Å². The molecule has 0 saturated heterocycles. The minimum atomic E-state index is -0.947. The van der Waals surface area contributed by atoms with E-state index in [0.29, 0.717) is 12.2 Å². The molecule has 1 aromatic heterocycles. The van der Waals surface area contributed by atoms with Crippen molar-refractivity contribution in [1.29, 1.82) is 0 Å². The number of hydrogen-bond donors (Lipinski definition) is 1. The minimum absolute atomic E-state index is 0.160. The van der Waals surface area contributed by atoms with E-state index in [-0.39, 0.29) is 5.69 Å². The van der Waals surface area contributed by atoms with Gasteiger partial charge in [0.1, 0.15) is 5.69 Å². The van der Waals surface area contributed by atoms with Gasteiger partial charge in [-0.1, -0.05) is 0 Å². The fourth-order valence-electron chi connectivity index (χ4n) is 1.85. The quantitative estimate of drug-likeness (QED) is 0.672. The van der Waals surface area contributed by atoms with E-state index < -0.39 is 22.3 Å². The molecule has 6 nitrogen and oxygen atoms in total. The molecule has 1 aromatic carbocycles. The van der Waals surface area contributed by atoms with Crippen molar-refractivity contribution in [1.82, 2.24) is 4.57 Å². The molecule has 8 heteroatoms. The zero-order valence-electron chi connectivity index (χ0n) is 11.0. The number of nitro groups is 1. The number of aryl methyl sites for hydroxylation is 1. The third kappa shape index (κ3) is 3.27. The predicted octanol–water partition coefficient (Wildman–Crippen LogP) is 3.57. The Morgan fingerprint density at radius 3 is 2.81 bits per heavy atom. The van der Waals surface area contributed by atoms with Crippen molar-refractivity contribution in [3.05, 3.63) is 56.6 Å². The Hall–Kier alpha value is -2.22. The molecule has 0 aliphatic carbocycles. The first kappa shape index (κ1) is 15.2. The van der Waals surface area contributed by atoms with Gasteiger partial charge in [0, 0.05) is 29.0 Å². The van der Waals surface area contributed by atoms with E-state index in [0.717, 1.165) is 16.6 Å². The highest BCUT2D eigenvalue weighted by Crippen LogP contribution is 2.23. The Labute approximate surface area is 127 Å². The molecule has 0 fully saturated rings. The largest absolute Gasteiger partial charge is 0.343 e. The van der Waals surface area contributed by atoms with Crippen LogP contribution in [0.3, 0.4) is 0 Å². The predicted molar refractivity (Wildman–Crippen MR) is 78.8 cm³/mol. The lowest BCUT2D eigenvalue weighted by Gasteiger charge is -2.07. The topological polar surface area (TPSA) is 77.2 Å². The average molecular weight is 356 g/mol. The minimum Gasteiger partial charge on any atom is -0.343 e. The van der Waals surface area contributed by atoms with Crippen LogP contribution in [0, 0.1) is 15.9 Å². The van der Waals surface area contributed by atoms with E-state index in [1.54, 1.807) is 16.8 Å². The van der Waals surface area contributed by atoms with Crippen LogP contribution in [0.25, 0.3) is 0 Å². The number of aromatic nitrogens is 1. The summed E-state index contributed by atoms with van der Waals surface area (Å²) in [5.74, 6) is -1.37. The first-order chi connectivity index (χ1) is 9.92. The van der Waals surface area contributed by atoms with Crippen LogP contribution in [0.1, 0.15) is 17.4 Å². The van der Waals surface area contributed by atoms with Gasteiger partial charge in [-0.15, -0.1) is 0 Å². The van der Waals surface area contributed by atoms with E-state index in [1.165, 1.54) is 6.07 Å². The van der Waals surface area contributed by atoms with Gasteiger partial charge >= 0.3 is 5.69 Å². The van der Waals surface area contributed by atoms with E-state index >= 15 is 0 Å². The molecular weight excluding hydrogens is 345 g/mol. The van der Waals surface area contributed by atoms with Crippen molar-refractivity contribution in [2.75, 3.05) is 5.32 Å². The summed E-state index contributed by atoms with van der Waals surface area (Å²) in [4.78, 5) is 22.0. The van der Waals surface area contributed by atoms with E-state index in [1.807, 2.05) is 6.92 Å².